The van der Waals surface area contributed by atoms with Crippen LogP contribution < -0.4 is 19.5 Å². The van der Waals surface area contributed by atoms with Crippen LogP contribution in [0.3, 0.4) is 0 Å². The summed E-state index contributed by atoms with van der Waals surface area (Å²) >= 11 is 0. The molecule has 0 radical (unpaired) electrons. The molecular weight excluding hydrogens is 306 g/mol. The number of carbonyl (C=O) groups excluding carboxylic acids is 1. The van der Waals surface area contributed by atoms with Crippen LogP contribution in [0.2, 0.25) is 0 Å². The first-order valence-electron chi connectivity index (χ1n) is 7.82. The molecule has 0 unspecified atom stereocenters. The summed E-state index contributed by atoms with van der Waals surface area (Å²) in [6, 6.07) is 11.0. The highest BCUT2D eigenvalue weighted by atomic mass is 16.5. The second-order valence-electron chi connectivity index (χ2n) is 5.27. The molecule has 0 aliphatic carbocycles. The van der Waals surface area contributed by atoms with Gasteiger partial charge in [-0.05, 0) is 44.2 Å². The van der Waals surface area contributed by atoms with Gasteiger partial charge in [0, 0.05) is 16.8 Å². The summed E-state index contributed by atoms with van der Waals surface area (Å²) in [4.78, 5) is 12.3. The molecule has 0 aromatic heterocycles. The van der Waals surface area contributed by atoms with Crippen LogP contribution in [-0.2, 0) is 11.2 Å². The van der Waals surface area contributed by atoms with Gasteiger partial charge in [-0.15, -0.1) is 0 Å². The number of nitrogens with one attached hydrogen (secondary N) is 1. The molecule has 0 saturated carbocycles. The summed E-state index contributed by atoms with van der Waals surface area (Å²) < 4.78 is 16.1. The van der Waals surface area contributed by atoms with E-state index < -0.39 is 0 Å². The Morgan fingerprint density at radius 1 is 1.04 bits per heavy atom. The lowest BCUT2D eigenvalue weighted by molar-refractivity contribution is -0.115. The fourth-order valence-corrected chi connectivity index (χ4v) is 2.55. The number of rotatable bonds is 7. The van der Waals surface area contributed by atoms with E-state index in [1.807, 2.05) is 50.2 Å². The van der Waals surface area contributed by atoms with Crippen LogP contribution in [0.4, 0.5) is 5.69 Å². The molecule has 0 atom stereocenters. The maximum absolute atomic E-state index is 12.3. The van der Waals surface area contributed by atoms with Crippen molar-refractivity contribution in [2.45, 2.75) is 20.3 Å². The van der Waals surface area contributed by atoms with Gasteiger partial charge in [0.05, 0.1) is 27.2 Å². The minimum Gasteiger partial charge on any atom is -0.496 e. The van der Waals surface area contributed by atoms with Crippen LogP contribution >= 0.6 is 0 Å². The zero-order chi connectivity index (χ0) is 17.5. The lowest BCUT2D eigenvalue weighted by Gasteiger charge is -2.14. The van der Waals surface area contributed by atoms with E-state index in [4.69, 9.17) is 14.2 Å². The first-order valence-corrected chi connectivity index (χ1v) is 7.82. The maximum Gasteiger partial charge on any atom is 0.228 e. The Bertz CT molecular complexity index is 695. The molecule has 0 heterocycles. The first kappa shape index (κ1) is 17.7. The molecule has 0 spiro atoms. The second kappa shape index (κ2) is 8.24. The monoisotopic (exact) mass is 329 g/mol. The minimum absolute atomic E-state index is 0.109. The summed E-state index contributed by atoms with van der Waals surface area (Å²) in [5, 5.41) is 2.88. The van der Waals surface area contributed by atoms with Crippen LogP contribution in [0.1, 0.15) is 18.1 Å². The third-order valence-electron chi connectivity index (χ3n) is 3.66. The van der Waals surface area contributed by atoms with Crippen LogP contribution in [-0.4, -0.2) is 26.7 Å². The van der Waals surface area contributed by atoms with Crippen molar-refractivity contribution < 1.29 is 19.0 Å². The zero-order valence-corrected chi connectivity index (χ0v) is 14.5. The molecule has 0 saturated heterocycles. The van der Waals surface area contributed by atoms with Gasteiger partial charge < -0.3 is 19.5 Å². The summed E-state index contributed by atoms with van der Waals surface area (Å²) in [5.41, 5.74) is 2.43. The van der Waals surface area contributed by atoms with Gasteiger partial charge in [-0.2, -0.15) is 0 Å². The average Bonchev–Trinajstić information content (AvgIpc) is 2.57. The number of methoxy groups -OCH3 is 2. The lowest BCUT2D eigenvalue weighted by atomic mass is 10.1. The largest absolute Gasteiger partial charge is 0.496 e. The van der Waals surface area contributed by atoms with Crippen molar-refractivity contribution in [2.75, 3.05) is 26.1 Å². The SMILES string of the molecule is CCOc1ccc(NC(=O)Cc2ccc(OC)c(C)c2OC)cc1. The number of amides is 1. The van der Waals surface area contributed by atoms with Crippen molar-refractivity contribution in [2.24, 2.45) is 0 Å². The van der Waals surface area contributed by atoms with E-state index in [-0.39, 0.29) is 12.3 Å². The fraction of sp³-hybridized carbons (Fsp3) is 0.316. The third kappa shape index (κ3) is 4.19. The Kier molecular flexibility index (Phi) is 6.07. The van der Waals surface area contributed by atoms with E-state index in [2.05, 4.69) is 5.32 Å². The standard InChI is InChI=1S/C19H23NO4/c1-5-24-16-9-7-15(8-10-16)20-18(21)12-14-6-11-17(22-3)13(2)19(14)23-4/h6-11H,5,12H2,1-4H3,(H,20,21). The van der Waals surface area contributed by atoms with Crippen LogP contribution in [0, 0.1) is 6.92 Å². The minimum atomic E-state index is -0.109. The molecule has 24 heavy (non-hydrogen) atoms. The molecule has 2 rings (SSSR count). The van der Waals surface area contributed by atoms with Gasteiger partial charge in [-0.1, -0.05) is 6.07 Å². The average molecular weight is 329 g/mol. The Morgan fingerprint density at radius 2 is 1.75 bits per heavy atom. The van der Waals surface area contributed by atoms with Crippen molar-refractivity contribution in [3.63, 3.8) is 0 Å². The van der Waals surface area contributed by atoms with Crippen molar-refractivity contribution in [1.29, 1.82) is 0 Å². The highest BCUT2D eigenvalue weighted by Crippen LogP contribution is 2.31. The molecule has 2 aromatic carbocycles. The normalized spacial score (nSPS) is 10.2. The van der Waals surface area contributed by atoms with E-state index in [0.717, 1.165) is 28.3 Å². The van der Waals surface area contributed by atoms with Crippen molar-refractivity contribution in [3.05, 3.63) is 47.5 Å². The molecule has 0 bridgehead atoms. The molecule has 128 valence electrons. The van der Waals surface area contributed by atoms with E-state index in [9.17, 15) is 4.79 Å². The number of carbonyl (C=O) groups is 1. The third-order valence-corrected chi connectivity index (χ3v) is 3.66. The number of benzene rings is 2. The second-order valence-corrected chi connectivity index (χ2v) is 5.27. The summed E-state index contributed by atoms with van der Waals surface area (Å²) in [6.07, 6.45) is 0.223. The molecular formula is C19H23NO4. The van der Waals surface area contributed by atoms with Gasteiger partial charge in [0.2, 0.25) is 5.91 Å². The molecule has 5 nitrogen and oxygen atoms in total. The van der Waals surface area contributed by atoms with Gasteiger partial charge >= 0.3 is 0 Å². The molecule has 0 aliphatic heterocycles. The zero-order valence-electron chi connectivity index (χ0n) is 14.5. The summed E-state index contributed by atoms with van der Waals surface area (Å²) in [5.74, 6) is 2.09. The summed E-state index contributed by atoms with van der Waals surface area (Å²) in [7, 11) is 3.20. The molecule has 0 aliphatic rings. The number of hydrogen-bond donors (Lipinski definition) is 1. The van der Waals surface area contributed by atoms with Gasteiger partial charge in [0.15, 0.2) is 0 Å². The topological polar surface area (TPSA) is 56.8 Å². The van der Waals surface area contributed by atoms with Crippen LogP contribution in [0.5, 0.6) is 17.2 Å². The fourth-order valence-electron chi connectivity index (χ4n) is 2.55. The van der Waals surface area contributed by atoms with E-state index >= 15 is 0 Å². The van der Waals surface area contributed by atoms with E-state index in [0.29, 0.717) is 12.4 Å². The molecule has 0 fully saturated rings. The Balaban J connectivity index is 2.08. The van der Waals surface area contributed by atoms with Crippen LogP contribution in [0.25, 0.3) is 0 Å². The Morgan fingerprint density at radius 3 is 2.33 bits per heavy atom. The van der Waals surface area contributed by atoms with E-state index in [1.54, 1.807) is 14.2 Å². The maximum atomic E-state index is 12.3. The van der Waals surface area contributed by atoms with Gasteiger partial charge in [0.1, 0.15) is 17.2 Å². The highest BCUT2D eigenvalue weighted by molar-refractivity contribution is 5.92. The number of hydrogen-bond acceptors (Lipinski definition) is 4. The van der Waals surface area contributed by atoms with Crippen molar-refractivity contribution in [1.82, 2.24) is 0 Å². The number of ether oxygens (including phenoxy) is 3. The van der Waals surface area contributed by atoms with Gasteiger partial charge in [-0.3, -0.25) is 4.79 Å². The predicted octanol–water partition coefficient (Wildman–Crippen LogP) is 3.59. The Labute approximate surface area is 142 Å². The summed E-state index contributed by atoms with van der Waals surface area (Å²) in [6.45, 7) is 4.45. The lowest BCUT2D eigenvalue weighted by Crippen LogP contribution is -2.15. The number of anilines is 1. The van der Waals surface area contributed by atoms with Gasteiger partial charge in [0.25, 0.3) is 0 Å². The highest BCUT2D eigenvalue weighted by Gasteiger charge is 2.14. The van der Waals surface area contributed by atoms with Gasteiger partial charge in [-0.25, -0.2) is 0 Å². The van der Waals surface area contributed by atoms with Crippen molar-refractivity contribution in [3.8, 4) is 17.2 Å². The Hall–Kier alpha value is -2.69. The predicted molar refractivity (Wildman–Crippen MR) is 94.2 cm³/mol. The smallest absolute Gasteiger partial charge is 0.228 e. The quantitative estimate of drug-likeness (QED) is 0.843. The molecule has 1 amide bonds. The van der Waals surface area contributed by atoms with Crippen LogP contribution in [0.15, 0.2) is 36.4 Å². The molecule has 5 heteroatoms. The van der Waals surface area contributed by atoms with Crippen molar-refractivity contribution >= 4 is 11.6 Å². The molecule has 1 N–H and O–H groups in total. The first-order chi connectivity index (χ1) is 11.6. The molecule has 2 aromatic rings. The van der Waals surface area contributed by atoms with E-state index in [1.165, 1.54) is 0 Å².